The van der Waals surface area contributed by atoms with Gasteiger partial charge in [0.25, 0.3) is 5.91 Å². The third-order valence-electron chi connectivity index (χ3n) is 6.28. The molecule has 3 aromatic rings. The van der Waals surface area contributed by atoms with Crippen molar-refractivity contribution >= 4 is 46.2 Å². The molecule has 0 aliphatic carbocycles. The highest BCUT2D eigenvalue weighted by atomic mass is 16.4. The molecule has 0 aliphatic heterocycles. The zero-order chi connectivity index (χ0) is 28.4. The van der Waals surface area contributed by atoms with E-state index in [9.17, 15) is 24.0 Å². The molecule has 8 heteroatoms. The molecule has 0 heterocycles. The van der Waals surface area contributed by atoms with Crippen LogP contribution in [-0.4, -0.2) is 47.0 Å². The third kappa shape index (κ3) is 8.20. The maximum atomic E-state index is 13.5. The van der Waals surface area contributed by atoms with Gasteiger partial charge in [0.05, 0.1) is 18.5 Å². The molecule has 3 aromatic carbocycles. The fourth-order valence-electron chi connectivity index (χ4n) is 4.27. The number of benzene rings is 3. The smallest absolute Gasteiger partial charge is 0.305 e. The van der Waals surface area contributed by atoms with Crippen LogP contribution in [0.2, 0.25) is 0 Å². The summed E-state index contributed by atoms with van der Waals surface area (Å²) in [5, 5.41) is 15.9. The summed E-state index contributed by atoms with van der Waals surface area (Å²) in [6, 6.07) is 20.1. The van der Waals surface area contributed by atoms with E-state index in [0.29, 0.717) is 17.4 Å². The molecule has 0 spiro atoms. The normalized spacial score (nSPS) is 12.9. The number of amides is 2. The van der Waals surface area contributed by atoms with Crippen LogP contribution in [0.1, 0.15) is 49.0 Å². The topological polar surface area (TPSA) is 130 Å². The quantitative estimate of drug-likeness (QED) is 0.225. The summed E-state index contributed by atoms with van der Waals surface area (Å²) in [6.45, 7) is 3.69. The van der Waals surface area contributed by atoms with Crippen molar-refractivity contribution in [2.24, 2.45) is 5.92 Å². The van der Waals surface area contributed by atoms with E-state index in [1.165, 1.54) is 6.08 Å². The number of carboxylic acid groups (broad SMARTS) is 1. The van der Waals surface area contributed by atoms with E-state index in [1.807, 2.05) is 74.5 Å². The summed E-state index contributed by atoms with van der Waals surface area (Å²) in [5.41, 5.74) is 1.79. The zero-order valence-electron chi connectivity index (χ0n) is 21.9. The highest BCUT2D eigenvalue weighted by Gasteiger charge is 2.25. The first-order valence-electron chi connectivity index (χ1n) is 12.7. The lowest BCUT2D eigenvalue weighted by atomic mass is 9.93. The fraction of sp³-hybridized carbons (Fsp3) is 0.258. The van der Waals surface area contributed by atoms with Crippen LogP contribution in [0.25, 0.3) is 16.3 Å². The first kappa shape index (κ1) is 29.0. The highest BCUT2D eigenvalue weighted by Crippen LogP contribution is 2.22. The van der Waals surface area contributed by atoms with Gasteiger partial charge in [-0.2, -0.15) is 0 Å². The third-order valence-corrected chi connectivity index (χ3v) is 6.28. The number of ketones is 1. The van der Waals surface area contributed by atoms with Crippen LogP contribution in [0.3, 0.4) is 0 Å². The van der Waals surface area contributed by atoms with Crippen molar-refractivity contribution in [3.63, 3.8) is 0 Å². The van der Waals surface area contributed by atoms with Gasteiger partial charge in [0.2, 0.25) is 5.91 Å². The van der Waals surface area contributed by atoms with Crippen molar-refractivity contribution in [1.29, 1.82) is 0 Å². The second-order valence-corrected chi connectivity index (χ2v) is 9.57. The molecule has 8 nitrogen and oxygen atoms in total. The minimum atomic E-state index is -1.20. The van der Waals surface area contributed by atoms with Gasteiger partial charge in [0, 0.05) is 12.0 Å². The molecule has 0 saturated heterocycles. The van der Waals surface area contributed by atoms with Gasteiger partial charge < -0.3 is 20.5 Å². The standard InChI is InChI=1S/C31H32N2O6/c1-20(2)30(33-31(39)26-14-8-12-22-11-6-7-13-25(22)26)27(35)17-23(21-9-4-3-5-10-21)15-16-28(36)32-24(19-34)18-29(37)38/h3-14,17,19-20,24,30H,15-16,18H2,1-2H3,(H,32,36)(H,33,39)(H,37,38). The van der Waals surface area contributed by atoms with E-state index in [4.69, 9.17) is 5.11 Å². The van der Waals surface area contributed by atoms with Gasteiger partial charge in [-0.3, -0.25) is 19.2 Å². The minimum Gasteiger partial charge on any atom is -0.481 e. The second-order valence-electron chi connectivity index (χ2n) is 9.57. The number of aliphatic carboxylic acids is 1. The SMILES string of the molecule is CC(C)C(NC(=O)c1cccc2ccccc12)C(=O)C=C(CCC(=O)NC(C=O)CC(=O)O)c1ccccc1. The van der Waals surface area contributed by atoms with Gasteiger partial charge >= 0.3 is 5.97 Å². The summed E-state index contributed by atoms with van der Waals surface area (Å²) in [4.78, 5) is 61.2. The van der Waals surface area contributed by atoms with E-state index in [1.54, 1.807) is 12.1 Å². The number of nitrogens with one attached hydrogen (secondary N) is 2. The summed E-state index contributed by atoms with van der Waals surface area (Å²) in [5.74, 6) is -2.58. The predicted molar refractivity (Wildman–Crippen MR) is 149 cm³/mol. The first-order valence-corrected chi connectivity index (χ1v) is 12.7. The van der Waals surface area contributed by atoms with Crippen LogP contribution >= 0.6 is 0 Å². The largest absolute Gasteiger partial charge is 0.481 e. The van der Waals surface area contributed by atoms with Gasteiger partial charge in [0.15, 0.2) is 5.78 Å². The van der Waals surface area contributed by atoms with Crippen LogP contribution in [0.15, 0.2) is 78.9 Å². The van der Waals surface area contributed by atoms with E-state index >= 15 is 0 Å². The number of allylic oxidation sites excluding steroid dienone is 1. The average molecular weight is 529 g/mol. The molecule has 202 valence electrons. The molecule has 3 rings (SSSR count). The molecule has 2 amide bonds. The number of carbonyl (C=O) groups excluding carboxylic acids is 4. The van der Waals surface area contributed by atoms with Crippen molar-refractivity contribution in [3.8, 4) is 0 Å². The molecule has 2 atom stereocenters. The van der Waals surface area contributed by atoms with Crippen LogP contribution < -0.4 is 10.6 Å². The van der Waals surface area contributed by atoms with Crippen molar-refractivity contribution in [1.82, 2.24) is 10.6 Å². The number of fused-ring (bicyclic) bond motifs is 1. The van der Waals surface area contributed by atoms with Gasteiger partial charge in [-0.25, -0.2) is 0 Å². The van der Waals surface area contributed by atoms with E-state index in [-0.39, 0.29) is 30.4 Å². The summed E-state index contributed by atoms with van der Waals surface area (Å²) >= 11 is 0. The van der Waals surface area contributed by atoms with Crippen LogP contribution in [-0.2, 0) is 19.2 Å². The number of carboxylic acids is 1. The Bertz CT molecular complexity index is 1370. The number of aldehydes is 1. The van der Waals surface area contributed by atoms with Crippen molar-refractivity contribution in [2.75, 3.05) is 0 Å². The van der Waals surface area contributed by atoms with Gasteiger partial charge in [0.1, 0.15) is 6.29 Å². The maximum absolute atomic E-state index is 13.5. The maximum Gasteiger partial charge on any atom is 0.305 e. The number of carbonyl (C=O) groups is 5. The summed E-state index contributed by atoms with van der Waals surface area (Å²) in [7, 11) is 0. The van der Waals surface area contributed by atoms with E-state index < -0.39 is 30.4 Å². The Balaban J connectivity index is 1.81. The monoisotopic (exact) mass is 528 g/mol. The Kier molecular flexibility index (Phi) is 10.3. The summed E-state index contributed by atoms with van der Waals surface area (Å²) < 4.78 is 0. The minimum absolute atomic E-state index is 0.0628. The van der Waals surface area contributed by atoms with E-state index in [0.717, 1.165) is 16.3 Å². The molecule has 2 unspecified atom stereocenters. The van der Waals surface area contributed by atoms with Crippen molar-refractivity contribution in [3.05, 3.63) is 90.0 Å². The Morgan fingerprint density at radius 2 is 1.51 bits per heavy atom. The Labute approximate surface area is 227 Å². The predicted octanol–water partition coefficient (Wildman–Crippen LogP) is 4.19. The Hall–Kier alpha value is -4.59. The average Bonchev–Trinajstić information content (AvgIpc) is 2.93. The molecule has 0 aromatic heterocycles. The highest BCUT2D eigenvalue weighted by molar-refractivity contribution is 6.09. The van der Waals surface area contributed by atoms with Gasteiger partial charge in [-0.15, -0.1) is 0 Å². The molecule has 3 N–H and O–H groups in total. The molecular formula is C31H32N2O6. The number of rotatable bonds is 13. The molecule has 39 heavy (non-hydrogen) atoms. The zero-order valence-corrected chi connectivity index (χ0v) is 21.9. The van der Waals surface area contributed by atoms with E-state index in [2.05, 4.69) is 10.6 Å². The molecule has 0 aliphatic rings. The van der Waals surface area contributed by atoms with Gasteiger partial charge in [-0.1, -0.05) is 80.6 Å². The van der Waals surface area contributed by atoms with Crippen molar-refractivity contribution in [2.45, 2.75) is 45.2 Å². The first-order chi connectivity index (χ1) is 18.7. The number of hydrogen-bond donors (Lipinski definition) is 3. The number of hydrogen-bond acceptors (Lipinski definition) is 5. The second kappa shape index (κ2) is 13.8. The van der Waals surface area contributed by atoms with Crippen LogP contribution in [0.4, 0.5) is 0 Å². The molecule has 0 saturated carbocycles. The Morgan fingerprint density at radius 3 is 2.18 bits per heavy atom. The lowest BCUT2D eigenvalue weighted by Crippen LogP contribution is -2.44. The lowest BCUT2D eigenvalue weighted by Gasteiger charge is -2.21. The van der Waals surface area contributed by atoms with Gasteiger partial charge in [-0.05, 0) is 46.4 Å². The van der Waals surface area contributed by atoms with Crippen LogP contribution in [0, 0.1) is 5.92 Å². The summed E-state index contributed by atoms with van der Waals surface area (Å²) in [6.07, 6.45) is 1.43. The van der Waals surface area contributed by atoms with Crippen LogP contribution in [0.5, 0.6) is 0 Å². The molecule has 0 bridgehead atoms. The fourth-order valence-corrected chi connectivity index (χ4v) is 4.27. The molecular weight excluding hydrogens is 496 g/mol. The molecule has 0 fully saturated rings. The lowest BCUT2D eigenvalue weighted by molar-refractivity contribution is -0.138. The molecule has 0 radical (unpaired) electrons. The Morgan fingerprint density at radius 1 is 0.846 bits per heavy atom. The van der Waals surface area contributed by atoms with Crippen molar-refractivity contribution < 1.29 is 29.1 Å².